The topological polar surface area (TPSA) is 48.5 Å². The van der Waals surface area contributed by atoms with Crippen molar-refractivity contribution in [3.63, 3.8) is 0 Å². The van der Waals surface area contributed by atoms with Gasteiger partial charge in [0.2, 0.25) is 0 Å². The minimum atomic E-state index is -0.116. The molecule has 0 aliphatic heterocycles. The first-order valence-corrected chi connectivity index (χ1v) is 20.2. The first-order valence-electron chi connectivity index (χ1n) is 20.2. The van der Waals surface area contributed by atoms with Crippen LogP contribution in [0, 0.1) is 0 Å². The molecule has 0 atom stereocenters. The van der Waals surface area contributed by atoms with Crippen LogP contribution in [-0.4, -0.2) is 24.1 Å². The quantitative estimate of drug-likeness (QED) is 0.176. The number of para-hydroxylation sites is 2. The molecule has 3 heterocycles. The molecular formula is C54H37N5. The maximum absolute atomic E-state index is 5.02. The lowest BCUT2D eigenvalue weighted by Crippen LogP contribution is -2.15. The van der Waals surface area contributed by atoms with E-state index in [9.17, 15) is 0 Å². The molecule has 0 saturated carbocycles. The molecule has 0 unspecified atom stereocenters. The van der Waals surface area contributed by atoms with Gasteiger partial charge in [-0.15, -0.1) is 0 Å². The van der Waals surface area contributed by atoms with E-state index in [0.717, 1.165) is 33.6 Å². The molecule has 278 valence electrons. The van der Waals surface area contributed by atoms with E-state index in [0.29, 0.717) is 17.5 Å². The number of nitrogens with zero attached hydrogens (tertiary/aromatic N) is 5. The summed E-state index contributed by atoms with van der Waals surface area (Å²) in [5.74, 6) is 1.93. The monoisotopic (exact) mass is 755 g/mol. The summed E-state index contributed by atoms with van der Waals surface area (Å²) in [4.78, 5) is 15.0. The summed E-state index contributed by atoms with van der Waals surface area (Å²) in [7, 11) is 0. The fraction of sp³-hybridized carbons (Fsp3) is 0.0556. The third kappa shape index (κ3) is 5.01. The molecule has 0 N–H and O–H groups in total. The van der Waals surface area contributed by atoms with Crippen molar-refractivity contribution in [3.8, 4) is 56.7 Å². The average Bonchev–Trinajstić information content (AvgIpc) is 3.90. The Hall–Kier alpha value is -7.63. The van der Waals surface area contributed by atoms with Gasteiger partial charge in [-0.2, -0.15) is 0 Å². The van der Waals surface area contributed by atoms with Crippen molar-refractivity contribution < 1.29 is 0 Å². The fourth-order valence-electron chi connectivity index (χ4n) is 9.57. The maximum atomic E-state index is 5.02. The normalized spacial score (nSPS) is 13.1. The van der Waals surface area contributed by atoms with Crippen LogP contribution in [0.25, 0.3) is 100 Å². The zero-order valence-corrected chi connectivity index (χ0v) is 32.6. The summed E-state index contributed by atoms with van der Waals surface area (Å²) in [5.41, 5.74) is 15.0. The van der Waals surface area contributed by atoms with Crippen LogP contribution in [0.3, 0.4) is 0 Å². The van der Waals surface area contributed by atoms with Gasteiger partial charge < -0.3 is 9.13 Å². The van der Waals surface area contributed by atoms with Crippen molar-refractivity contribution in [2.75, 3.05) is 0 Å². The van der Waals surface area contributed by atoms with Gasteiger partial charge >= 0.3 is 0 Å². The molecule has 3 aromatic heterocycles. The first kappa shape index (κ1) is 33.5. The number of aromatic nitrogens is 5. The van der Waals surface area contributed by atoms with Crippen LogP contribution in [0.4, 0.5) is 0 Å². The number of rotatable bonds is 5. The second kappa shape index (κ2) is 12.7. The molecule has 0 radical (unpaired) electrons. The Balaban J connectivity index is 1.08. The van der Waals surface area contributed by atoms with Gasteiger partial charge in [0.1, 0.15) is 0 Å². The zero-order valence-electron chi connectivity index (χ0n) is 32.6. The van der Waals surface area contributed by atoms with Crippen LogP contribution in [0.15, 0.2) is 188 Å². The SMILES string of the molecule is CC1(C)c2ccccc2-c2ccc(-n3c4ccccc4c4ccc5c6ccccc6n(-c6ccc(-c7nc(-c8ccccc8)nc(-c8ccccc8)n7)cc6)c5c43)cc21. The van der Waals surface area contributed by atoms with E-state index in [1.807, 2.05) is 60.7 Å². The second-order valence-electron chi connectivity index (χ2n) is 16.0. The second-order valence-corrected chi connectivity index (χ2v) is 16.0. The lowest BCUT2D eigenvalue weighted by atomic mass is 9.82. The van der Waals surface area contributed by atoms with Gasteiger partial charge in [0, 0.05) is 55.0 Å². The molecule has 0 spiro atoms. The lowest BCUT2D eigenvalue weighted by molar-refractivity contribution is 0.660. The summed E-state index contributed by atoms with van der Waals surface area (Å²) in [5, 5.41) is 4.89. The maximum Gasteiger partial charge on any atom is 0.164 e. The van der Waals surface area contributed by atoms with Crippen LogP contribution in [0.1, 0.15) is 25.0 Å². The van der Waals surface area contributed by atoms with Gasteiger partial charge in [-0.25, -0.2) is 15.0 Å². The predicted octanol–water partition coefficient (Wildman–Crippen LogP) is 13.4. The van der Waals surface area contributed by atoms with Gasteiger partial charge in [0.25, 0.3) is 0 Å². The van der Waals surface area contributed by atoms with E-state index >= 15 is 0 Å². The first-order chi connectivity index (χ1) is 29.0. The highest BCUT2D eigenvalue weighted by Crippen LogP contribution is 2.50. The van der Waals surface area contributed by atoms with E-state index < -0.39 is 0 Å². The van der Waals surface area contributed by atoms with E-state index in [2.05, 4.69) is 150 Å². The van der Waals surface area contributed by atoms with Gasteiger partial charge in [-0.1, -0.05) is 153 Å². The van der Waals surface area contributed by atoms with E-state index in [1.165, 1.54) is 60.3 Å². The molecule has 0 saturated heterocycles. The summed E-state index contributed by atoms with van der Waals surface area (Å²) in [6.07, 6.45) is 0. The van der Waals surface area contributed by atoms with Gasteiger partial charge in [-0.05, 0) is 70.8 Å². The average molecular weight is 756 g/mol. The Kier molecular flexibility index (Phi) is 7.20. The van der Waals surface area contributed by atoms with Crippen LogP contribution in [-0.2, 0) is 5.41 Å². The molecule has 0 bridgehead atoms. The lowest BCUT2D eigenvalue weighted by Gasteiger charge is -2.22. The molecule has 1 aliphatic rings. The van der Waals surface area contributed by atoms with Crippen molar-refractivity contribution in [3.05, 3.63) is 199 Å². The molecule has 5 nitrogen and oxygen atoms in total. The molecule has 8 aromatic carbocycles. The molecule has 5 heteroatoms. The van der Waals surface area contributed by atoms with Crippen LogP contribution in [0.2, 0.25) is 0 Å². The fourth-order valence-corrected chi connectivity index (χ4v) is 9.57. The smallest absolute Gasteiger partial charge is 0.164 e. The Morgan fingerprint density at radius 3 is 1.37 bits per heavy atom. The molecule has 12 rings (SSSR count). The van der Waals surface area contributed by atoms with Gasteiger partial charge in [-0.3, -0.25) is 0 Å². The zero-order chi connectivity index (χ0) is 39.2. The van der Waals surface area contributed by atoms with Crippen LogP contribution in [0.5, 0.6) is 0 Å². The number of hydrogen-bond acceptors (Lipinski definition) is 3. The molecule has 0 fully saturated rings. The van der Waals surface area contributed by atoms with Gasteiger partial charge in [0.05, 0.1) is 22.1 Å². The van der Waals surface area contributed by atoms with E-state index in [4.69, 9.17) is 15.0 Å². The predicted molar refractivity (Wildman–Crippen MR) is 242 cm³/mol. The highest BCUT2D eigenvalue weighted by Gasteiger charge is 2.35. The van der Waals surface area contributed by atoms with Gasteiger partial charge in [0.15, 0.2) is 17.5 Å². The van der Waals surface area contributed by atoms with E-state index in [1.54, 1.807) is 0 Å². The Bertz CT molecular complexity index is 3390. The third-order valence-electron chi connectivity index (χ3n) is 12.4. The standard InChI is InChI=1S/C54H37N5/c1-54(2)45-22-12-9-19-39(45)40-30-29-38(33-46(40)54)59-48-24-14-11-21-42(48)44-32-31-43-41-20-10-13-23-47(41)58(49(43)50(44)59)37-27-25-36(26-28-37)53-56-51(34-15-5-3-6-16-34)55-52(57-53)35-17-7-4-8-18-35/h3-33H,1-2H3. The van der Waals surface area contributed by atoms with Crippen molar-refractivity contribution in [2.24, 2.45) is 0 Å². The van der Waals surface area contributed by atoms with Crippen molar-refractivity contribution in [2.45, 2.75) is 19.3 Å². The Morgan fingerprint density at radius 2 is 0.797 bits per heavy atom. The van der Waals surface area contributed by atoms with Crippen molar-refractivity contribution >= 4 is 43.6 Å². The molecule has 11 aromatic rings. The van der Waals surface area contributed by atoms with E-state index in [-0.39, 0.29) is 5.41 Å². The number of fused-ring (bicyclic) bond motifs is 10. The summed E-state index contributed by atoms with van der Waals surface area (Å²) < 4.78 is 4.94. The van der Waals surface area contributed by atoms with Crippen molar-refractivity contribution in [1.82, 2.24) is 24.1 Å². The Labute approximate surface area is 341 Å². The molecule has 59 heavy (non-hydrogen) atoms. The van der Waals surface area contributed by atoms with Crippen LogP contribution < -0.4 is 0 Å². The Morgan fingerprint density at radius 1 is 0.356 bits per heavy atom. The summed E-state index contributed by atoms with van der Waals surface area (Å²) in [6, 6.07) is 67.1. The largest absolute Gasteiger partial charge is 0.307 e. The summed E-state index contributed by atoms with van der Waals surface area (Å²) in [6.45, 7) is 4.71. The minimum absolute atomic E-state index is 0.116. The molecular weight excluding hydrogens is 719 g/mol. The van der Waals surface area contributed by atoms with Crippen LogP contribution >= 0.6 is 0 Å². The molecule has 0 amide bonds. The number of benzene rings is 8. The highest BCUT2D eigenvalue weighted by molar-refractivity contribution is 6.23. The summed E-state index contributed by atoms with van der Waals surface area (Å²) >= 11 is 0. The number of hydrogen-bond donors (Lipinski definition) is 0. The highest BCUT2D eigenvalue weighted by atomic mass is 15.1. The van der Waals surface area contributed by atoms with Crippen molar-refractivity contribution in [1.29, 1.82) is 0 Å². The molecule has 1 aliphatic carbocycles. The third-order valence-corrected chi connectivity index (χ3v) is 12.4. The minimum Gasteiger partial charge on any atom is -0.307 e.